The fourth-order valence-corrected chi connectivity index (χ4v) is 3.26. The van der Waals surface area contributed by atoms with E-state index in [4.69, 9.17) is 11.6 Å². The van der Waals surface area contributed by atoms with Crippen LogP contribution in [0.15, 0.2) is 33.5 Å². The van der Waals surface area contributed by atoms with Gasteiger partial charge in [-0.05, 0) is 56.1 Å². The van der Waals surface area contributed by atoms with Crippen molar-refractivity contribution in [2.75, 3.05) is 5.32 Å². The minimum atomic E-state index is 0.632. The molecule has 0 atom stereocenters. The number of anilines is 2. The molecule has 2 aromatic heterocycles. The lowest BCUT2D eigenvalue weighted by molar-refractivity contribution is 0.983. The van der Waals surface area contributed by atoms with E-state index in [9.17, 15) is 0 Å². The number of nitrogens with one attached hydrogen (secondary N) is 1. The molecule has 1 N–H and O–H groups in total. The van der Waals surface area contributed by atoms with Crippen molar-refractivity contribution in [1.29, 1.82) is 0 Å². The Labute approximate surface area is 134 Å². The first-order valence-electron chi connectivity index (χ1n) is 5.14. The summed E-state index contributed by atoms with van der Waals surface area (Å²) in [5.74, 6) is 0. The minimum absolute atomic E-state index is 0.632. The molecule has 8 heteroatoms. The molecule has 2 heterocycles. The van der Waals surface area contributed by atoms with Crippen LogP contribution in [0.5, 0.6) is 0 Å². The molecule has 3 aromatic rings. The second-order valence-corrected chi connectivity index (χ2v) is 6.66. The van der Waals surface area contributed by atoms with Gasteiger partial charge in [0.2, 0.25) is 0 Å². The molecule has 0 amide bonds. The first kappa shape index (κ1) is 13.2. The van der Waals surface area contributed by atoms with Crippen LogP contribution < -0.4 is 5.32 Å². The smallest absolute Gasteiger partial charge is 0.188 e. The van der Waals surface area contributed by atoms with E-state index in [1.807, 2.05) is 24.3 Å². The van der Waals surface area contributed by atoms with Crippen molar-refractivity contribution in [3.63, 3.8) is 0 Å². The summed E-state index contributed by atoms with van der Waals surface area (Å²) in [6.45, 7) is 0. The van der Waals surface area contributed by atoms with E-state index >= 15 is 0 Å². The van der Waals surface area contributed by atoms with E-state index in [-0.39, 0.29) is 0 Å². The first-order valence-corrected chi connectivity index (χ1v) is 7.92. The summed E-state index contributed by atoms with van der Waals surface area (Å²) >= 11 is 14.1. The Bertz CT molecular complexity index is 762. The van der Waals surface area contributed by atoms with Gasteiger partial charge < -0.3 is 5.32 Å². The molecule has 0 saturated carbocycles. The molecule has 3 rings (SSSR count). The summed E-state index contributed by atoms with van der Waals surface area (Å²) in [4.78, 5) is 4.48. The highest BCUT2D eigenvalue weighted by Gasteiger charge is 2.08. The highest BCUT2D eigenvalue weighted by atomic mass is 79.9. The van der Waals surface area contributed by atoms with Crippen molar-refractivity contribution >= 4 is 75.8 Å². The molecule has 0 aliphatic carbocycles. The van der Waals surface area contributed by atoms with E-state index in [0.29, 0.717) is 14.2 Å². The predicted molar refractivity (Wildman–Crippen MR) is 85.3 cm³/mol. The number of hydrogen-bond donors (Lipinski definition) is 1. The molecule has 0 saturated heterocycles. The second kappa shape index (κ2) is 5.32. The molecule has 4 nitrogen and oxygen atoms in total. The third-order valence-electron chi connectivity index (χ3n) is 2.31. The van der Waals surface area contributed by atoms with Gasteiger partial charge in [0.15, 0.2) is 9.73 Å². The van der Waals surface area contributed by atoms with Gasteiger partial charge in [0.1, 0.15) is 4.60 Å². The van der Waals surface area contributed by atoms with Gasteiger partial charge in [0.05, 0.1) is 15.9 Å². The predicted octanol–water partition coefficient (Wildman–Crippen LogP) is 5.01. The van der Waals surface area contributed by atoms with E-state index in [2.05, 4.69) is 52.4 Å². The molecule has 0 aliphatic heterocycles. The van der Waals surface area contributed by atoms with Crippen LogP contribution in [0.25, 0.3) is 10.2 Å². The molecule has 0 spiro atoms. The molecule has 1 aromatic carbocycles. The maximum atomic E-state index is 5.96. The topological polar surface area (TPSA) is 50.7 Å². The summed E-state index contributed by atoms with van der Waals surface area (Å²) in [5.41, 5.74) is 1.71. The summed E-state index contributed by atoms with van der Waals surface area (Å²) < 4.78 is 2.32. The highest BCUT2D eigenvalue weighted by Crippen LogP contribution is 2.32. The molecule has 0 fully saturated rings. The average molecular weight is 421 g/mol. The molecule has 19 heavy (non-hydrogen) atoms. The Balaban J connectivity index is 1.98. The molecule has 0 bridgehead atoms. The third-order valence-corrected chi connectivity index (χ3v) is 4.45. The van der Waals surface area contributed by atoms with Crippen LogP contribution in [0.3, 0.4) is 0 Å². The summed E-state index contributed by atoms with van der Waals surface area (Å²) in [6.07, 6.45) is 0. The molecular formula is C11H5Br2ClN4S. The zero-order valence-corrected chi connectivity index (χ0v) is 13.9. The van der Waals surface area contributed by atoms with E-state index in [1.165, 1.54) is 11.3 Å². The van der Waals surface area contributed by atoms with Crippen molar-refractivity contribution in [2.45, 2.75) is 0 Å². The van der Waals surface area contributed by atoms with Crippen LogP contribution in [0.1, 0.15) is 0 Å². The Kier molecular flexibility index (Phi) is 3.70. The Hall–Kier alpha value is -0.760. The standard InChI is InChI=1S/C11H5Br2ClN4S/c12-9-4-7(10(13)18-17-9)16-11-15-6-2-1-5(14)3-8(6)19-11/h1-4H,(H,15,16,17). The maximum absolute atomic E-state index is 5.96. The van der Waals surface area contributed by atoms with Gasteiger partial charge in [-0.2, -0.15) is 0 Å². The zero-order chi connectivity index (χ0) is 13.4. The quantitative estimate of drug-likeness (QED) is 0.633. The van der Waals surface area contributed by atoms with Gasteiger partial charge in [0.25, 0.3) is 0 Å². The number of fused-ring (bicyclic) bond motifs is 1. The van der Waals surface area contributed by atoms with Gasteiger partial charge in [-0.1, -0.05) is 22.9 Å². The van der Waals surface area contributed by atoms with E-state index in [0.717, 1.165) is 21.0 Å². The summed E-state index contributed by atoms with van der Waals surface area (Å²) in [6, 6.07) is 7.45. The lowest BCUT2D eigenvalue weighted by Gasteiger charge is -2.03. The summed E-state index contributed by atoms with van der Waals surface area (Å²) in [7, 11) is 0. The monoisotopic (exact) mass is 418 g/mol. The van der Waals surface area contributed by atoms with Crippen LogP contribution >= 0.6 is 54.8 Å². The SMILES string of the molecule is Clc1ccc2nc(Nc3cc(Br)nnc3Br)sc2c1. The van der Waals surface area contributed by atoms with Crippen molar-refractivity contribution in [2.24, 2.45) is 0 Å². The molecule has 96 valence electrons. The van der Waals surface area contributed by atoms with Crippen LogP contribution in [0.4, 0.5) is 10.8 Å². The molecular weight excluding hydrogens is 415 g/mol. The van der Waals surface area contributed by atoms with E-state index < -0.39 is 0 Å². The lowest BCUT2D eigenvalue weighted by Crippen LogP contribution is -1.94. The first-order chi connectivity index (χ1) is 9.11. The van der Waals surface area contributed by atoms with E-state index in [1.54, 1.807) is 0 Å². The fraction of sp³-hybridized carbons (Fsp3) is 0. The van der Waals surface area contributed by atoms with Gasteiger partial charge in [-0.15, -0.1) is 10.2 Å². The van der Waals surface area contributed by atoms with Crippen LogP contribution in [0, 0.1) is 0 Å². The zero-order valence-electron chi connectivity index (χ0n) is 9.19. The Morgan fingerprint density at radius 2 is 2.00 bits per heavy atom. The van der Waals surface area contributed by atoms with Gasteiger partial charge in [0, 0.05) is 5.02 Å². The third kappa shape index (κ3) is 2.89. The highest BCUT2D eigenvalue weighted by molar-refractivity contribution is 9.11. The van der Waals surface area contributed by atoms with Crippen LogP contribution in [-0.2, 0) is 0 Å². The number of rotatable bonds is 2. The summed E-state index contributed by atoms with van der Waals surface area (Å²) in [5, 5.41) is 12.5. The average Bonchev–Trinajstić information content (AvgIpc) is 2.75. The number of thiazole rings is 1. The van der Waals surface area contributed by atoms with Crippen LogP contribution in [0.2, 0.25) is 5.02 Å². The van der Waals surface area contributed by atoms with Crippen LogP contribution in [-0.4, -0.2) is 15.2 Å². The lowest BCUT2D eigenvalue weighted by atomic mass is 10.3. The van der Waals surface area contributed by atoms with Crippen molar-refractivity contribution in [1.82, 2.24) is 15.2 Å². The maximum Gasteiger partial charge on any atom is 0.188 e. The Morgan fingerprint density at radius 3 is 2.84 bits per heavy atom. The number of benzene rings is 1. The molecule has 0 unspecified atom stereocenters. The van der Waals surface area contributed by atoms with Crippen molar-refractivity contribution in [3.8, 4) is 0 Å². The fourth-order valence-electron chi connectivity index (χ4n) is 1.51. The van der Waals surface area contributed by atoms with Crippen molar-refractivity contribution in [3.05, 3.63) is 38.5 Å². The molecule has 0 aliphatic rings. The van der Waals surface area contributed by atoms with Gasteiger partial charge in [-0.3, -0.25) is 0 Å². The number of hydrogen-bond acceptors (Lipinski definition) is 5. The van der Waals surface area contributed by atoms with Crippen molar-refractivity contribution < 1.29 is 0 Å². The number of aromatic nitrogens is 3. The normalized spacial score (nSPS) is 10.9. The minimum Gasteiger partial charge on any atom is -0.329 e. The number of nitrogens with zero attached hydrogens (tertiary/aromatic N) is 3. The largest absolute Gasteiger partial charge is 0.329 e. The van der Waals surface area contributed by atoms with Gasteiger partial charge in [-0.25, -0.2) is 4.98 Å². The molecule has 0 radical (unpaired) electrons. The second-order valence-electron chi connectivity index (χ2n) is 3.63. The number of halogens is 3. The Morgan fingerprint density at radius 1 is 1.16 bits per heavy atom. The van der Waals surface area contributed by atoms with Gasteiger partial charge >= 0.3 is 0 Å².